The van der Waals surface area contributed by atoms with Crippen LogP contribution < -0.4 is 0 Å². The van der Waals surface area contributed by atoms with E-state index in [0.717, 1.165) is 15.6 Å². The molecule has 1 aromatic rings. The highest BCUT2D eigenvalue weighted by Gasteiger charge is 2.40. The van der Waals surface area contributed by atoms with E-state index in [-0.39, 0.29) is 12.6 Å². The molecule has 0 aliphatic carbocycles. The highest BCUT2D eigenvalue weighted by molar-refractivity contribution is 7.86. The molecule has 21 heavy (non-hydrogen) atoms. The molecule has 1 aromatic heterocycles. The molecule has 2 rings (SSSR count). The summed E-state index contributed by atoms with van der Waals surface area (Å²) in [5.74, 6) is -1.07. The standard InChI is InChI=1S/C13H20N2O4S2/c1-10(12-7-5-9-20-12)14(2)21(18,19)15-8-4-3-6-11(15)13(16)17/h5,7,9-11H,3-4,6,8H2,1-2H3,(H,16,17). The van der Waals surface area contributed by atoms with E-state index in [1.807, 2.05) is 24.4 Å². The first-order chi connectivity index (χ1) is 9.85. The Morgan fingerprint density at radius 2 is 2.24 bits per heavy atom. The predicted molar refractivity (Wildman–Crippen MR) is 81.4 cm³/mol. The van der Waals surface area contributed by atoms with Gasteiger partial charge in [-0.3, -0.25) is 4.79 Å². The van der Waals surface area contributed by atoms with E-state index >= 15 is 0 Å². The molecule has 1 aliphatic heterocycles. The van der Waals surface area contributed by atoms with Crippen molar-refractivity contribution in [3.63, 3.8) is 0 Å². The van der Waals surface area contributed by atoms with Crippen LogP contribution in [0.5, 0.6) is 0 Å². The van der Waals surface area contributed by atoms with Crippen LogP contribution in [-0.2, 0) is 15.0 Å². The largest absolute Gasteiger partial charge is 0.480 e. The second-order valence-corrected chi connectivity index (χ2v) is 8.10. The smallest absolute Gasteiger partial charge is 0.322 e. The number of aliphatic carboxylic acids is 1. The molecule has 2 unspecified atom stereocenters. The molecule has 6 nitrogen and oxygen atoms in total. The maximum absolute atomic E-state index is 12.7. The van der Waals surface area contributed by atoms with Gasteiger partial charge in [-0.1, -0.05) is 6.07 Å². The summed E-state index contributed by atoms with van der Waals surface area (Å²) in [6.45, 7) is 2.07. The molecular formula is C13H20N2O4S2. The highest BCUT2D eigenvalue weighted by atomic mass is 32.2. The van der Waals surface area contributed by atoms with Crippen LogP contribution in [0, 0.1) is 0 Å². The van der Waals surface area contributed by atoms with E-state index < -0.39 is 22.2 Å². The minimum absolute atomic E-state index is 0.265. The number of carboxylic acid groups (broad SMARTS) is 1. The number of hydrogen-bond donors (Lipinski definition) is 1. The van der Waals surface area contributed by atoms with E-state index in [9.17, 15) is 18.3 Å². The van der Waals surface area contributed by atoms with Crippen LogP contribution >= 0.6 is 11.3 Å². The van der Waals surface area contributed by atoms with Gasteiger partial charge in [-0.2, -0.15) is 17.0 Å². The quantitative estimate of drug-likeness (QED) is 0.893. The third-order valence-electron chi connectivity index (χ3n) is 3.90. The summed E-state index contributed by atoms with van der Waals surface area (Å²) in [6, 6.07) is 2.48. The van der Waals surface area contributed by atoms with Crippen molar-refractivity contribution in [2.24, 2.45) is 0 Å². The molecule has 0 spiro atoms. The van der Waals surface area contributed by atoms with E-state index in [1.165, 1.54) is 22.7 Å². The molecule has 1 fully saturated rings. The van der Waals surface area contributed by atoms with Crippen LogP contribution in [0.1, 0.15) is 37.1 Å². The Hall–Kier alpha value is -0.960. The second kappa shape index (κ2) is 6.43. The van der Waals surface area contributed by atoms with E-state index in [0.29, 0.717) is 12.8 Å². The summed E-state index contributed by atoms with van der Waals surface area (Å²) in [7, 11) is -2.28. The molecule has 0 bridgehead atoms. The molecule has 0 amide bonds. The molecule has 1 aliphatic rings. The van der Waals surface area contributed by atoms with Crippen LogP contribution in [-0.4, -0.2) is 47.7 Å². The van der Waals surface area contributed by atoms with Crippen molar-refractivity contribution in [3.8, 4) is 0 Å². The van der Waals surface area contributed by atoms with Crippen molar-refractivity contribution < 1.29 is 18.3 Å². The molecule has 1 N–H and O–H groups in total. The lowest BCUT2D eigenvalue weighted by Gasteiger charge is -2.36. The summed E-state index contributed by atoms with van der Waals surface area (Å²) in [6.07, 6.45) is 1.81. The van der Waals surface area contributed by atoms with Crippen molar-refractivity contribution >= 4 is 27.5 Å². The van der Waals surface area contributed by atoms with E-state index in [4.69, 9.17) is 0 Å². The molecule has 2 heterocycles. The van der Waals surface area contributed by atoms with Crippen molar-refractivity contribution in [2.75, 3.05) is 13.6 Å². The van der Waals surface area contributed by atoms with Crippen LogP contribution in [0.2, 0.25) is 0 Å². The third kappa shape index (κ3) is 3.28. The van der Waals surface area contributed by atoms with Crippen LogP contribution in [0.4, 0.5) is 0 Å². The number of thiophene rings is 1. The number of carboxylic acids is 1. The van der Waals surface area contributed by atoms with Crippen molar-refractivity contribution in [3.05, 3.63) is 22.4 Å². The Labute approximate surface area is 129 Å². The van der Waals surface area contributed by atoms with Gasteiger partial charge in [0, 0.05) is 18.5 Å². The molecule has 8 heteroatoms. The van der Waals surface area contributed by atoms with Crippen LogP contribution in [0.15, 0.2) is 17.5 Å². The highest BCUT2D eigenvalue weighted by Crippen LogP contribution is 2.29. The molecule has 118 valence electrons. The lowest BCUT2D eigenvalue weighted by molar-refractivity contribution is -0.142. The molecule has 0 radical (unpaired) electrons. The molecule has 0 aromatic carbocycles. The first-order valence-corrected chi connectivity index (χ1v) is 9.14. The van der Waals surface area contributed by atoms with Gasteiger partial charge in [-0.05, 0) is 37.6 Å². The van der Waals surface area contributed by atoms with Crippen molar-refractivity contribution in [1.82, 2.24) is 8.61 Å². The van der Waals surface area contributed by atoms with Crippen molar-refractivity contribution in [2.45, 2.75) is 38.3 Å². The van der Waals surface area contributed by atoms with Crippen molar-refractivity contribution in [1.29, 1.82) is 0 Å². The maximum atomic E-state index is 12.7. The zero-order valence-corrected chi connectivity index (χ0v) is 13.7. The first-order valence-electron chi connectivity index (χ1n) is 6.86. The number of rotatable bonds is 5. The number of piperidine rings is 1. The topological polar surface area (TPSA) is 77.9 Å². The monoisotopic (exact) mass is 332 g/mol. The van der Waals surface area contributed by atoms with Gasteiger partial charge in [0.15, 0.2) is 0 Å². The van der Waals surface area contributed by atoms with E-state index in [1.54, 1.807) is 0 Å². The summed E-state index contributed by atoms with van der Waals surface area (Å²) in [4.78, 5) is 12.2. The van der Waals surface area contributed by atoms with E-state index in [2.05, 4.69) is 0 Å². The summed E-state index contributed by atoms with van der Waals surface area (Å²) >= 11 is 1.49. The van der Waals surface area contributed by atoms with Gasteiger partial charge < -0.3 is 5.11 Å². The van der Waals surface area contributed by atoms with Gasteiger partial charge in [-0.25, -0.2) is 0 Å². The predicted octanol–water partition coefficient (Wildman–Crippen LogP) is 1.92. The lowest BCUT2D eigenvalue weighted by atomic mass is 10.1. The fourth-order valence-corrected chi connectivity index (χ4v) is 5.12. The Balaban J connectivity index is 2.25. The zero-order valence-electron chi connectivity index (χ0n) is 12.1. The SMILES string of the molecule is CC(c1cccs1)N(C)S(=O)(=O)N1CCCCC1C(=O)O. The zero-order chi connectivity index (χ0) is 15.6. The molecule has 0 saturated carbocycles. The van der Waals surface area contributed by atoms with Gasteiger partial charge in [0.1, 0.15) is 6.04 Å². The van der Waals surface area contributed by atoms with Gasteiger partial charge in [0.25, 0.3) is 10.2 Å². The second-order valence-electron chi connectivity index (χ2n) is 5.18. The van der Waals surface area contributed by atoms with Gasteiger partial charge in [0.2, 0.25) is 0 Å². The van der Waals surface area contributed by atoms with Crippen LogP contribution in [0.25, 0.3) is 0 Å². The first kappa shape index (κ1) is 16.4. The lowest BCUT2D eigenvalue weighted by Crippen LogP contribution is -2.52. The fraction of sp³-hybridized carbons (Fsp3) is 0.615. The summed E-state index contributed by atoms with van der Waals surface area (Å²) in [5, 5.41) is 11.1. The van der Waals surface area contributed by atoms with Gasteiger partial charge in [0.05, 0.1) is 6.04 Å². The summed E-state index contributed by atoms with van der Waals surface area (Å²) < 4.78 is 27.9. The van der Waals surface area contributed by atoms with Crippen LogP contribution in [0.3, 0.4) is 0 Å². The van der Waals surface area contributed by atoms with Gasteiger partial charge in [-0.15, -0.1) is 11.3 Å². The Morgan fingerprint density at radius 1 is 1.52 bits per heavy atom. The minimum Gasteiger partial charge on any atom is -0.480 e. The third-order valence-corrected chi connectivity index (χ3v) is 7.02. The average molecular weight is 332 g/mol. The molecular weight excluding hydrogens is 312 g/mol. The molecule has 1 saturated heterocycles. The normalized spacial score (nSPS) is 22.3. The Bertz CT molecular complexity index is 585. The summed E-state index contributed by atoms with van der Waals surface area (Å²) in [5.41, 5.74) is 0. The number of carbonyl (C=O) groups is 1. The maximum Gasteiger partial charge on any atom is 0.322 e. The fourth-order valence-electron chi connectivity index (χ4n) is 2.50. The minimum atomic E-state index is -3.79. The Morgan fingerprint density at radius 3 is 2.81 bits per heavy atom. The Kier molecular flexibility index (Phi) is 5.03. The van der Waals surface area contributed by atoms with Gasteiger partial charge >= 0.3 is 5.97 Å². The number of nitrogens with zero attached hydrogens (tertiary/aromatic N) is 2. The molecule has 2 atom stereocenters. The average Bonchev–Trinajstić information content (AvgIpc) is 2.99. The number of hydrogen-bond acceptors (Lipinski definition) is 4.